The van der Waals surface area contributed by atoms with Crippen molar-refractivity contribution in [2.45, 2.75) is 4.90 Å². The Hall–Kier alpha value is -5.02. The van der Waals surface area contributed by atoms with Crippen molar-refractivity contribution in [3.05, 3.63) is 78.4 Å². The summed E-state index contributed by atoms with van der Waals surface area (Å²) in [6, 6.07) is 9.27. The van der Waals surface area contributed by atoms with E-state index in [-0.39, 0.29) is 11.5 Å². The third-order valence-corrected chi connectivity index (χ3v) is 8.32. The number of halogens is 3. The molecule has 1 aliphatic rings. The molecular weight excluding hydrogens is 599 g/mol. The summed E-state index contributed by atoms with van der Waals surface area (Å²) in [7, 11) is -3.24. The van der Waals surface area contributed by atoms with E-state index in [1.54, 1.807) is 12.1 Å². The van der Waals surface area contributed by atoms with Crippen molar-refractivity contribution >= 4 is 38.4 Å². The quantitative estimate of drug-likeness (QED) is 0.268. The predicted molar refractivity (Wildman–Crippen MR) is 157 cm³/mol. The molecule has 15 heteroatoms. The number of nitrogens with one attached hydrogen (secondary N) is 1. The number of hydrogen-bond donors (Lipinski definition) is 2. The minimum absolute atomic E-state index is 0.00838. The van der Waals surface area contributed by atoms with E-state index in [1.165, 1.54) is 37.7 Å². The first-order valence-electron chi connectivity index (χ1n) is 13.2. The Kier molecular flexibility index (Phi) is 7.65. The Morgan fingerprint density at radius 2 is 1.73 bits per heavy atom. The van der Waals surface area contributed by atoms with Crippen LogP contribution in [0.1, 0.15) is 0 Å². The van der Waals surface area contributed by atoms with Crippen LogP contribution < -0.4 is 20.1 Å². The number of rotatable bonds is 7. The fraction of sp³-hybridized carbons (Fsp3) is 0.172. The van der Waals surface area contributed by atoms with E-state index in [9.17, 15) is 17.2 Å². The third-order valence-electron chi connectivity index (χ3n) is 6.94. The zero-order chi connectivity index (χ0) is 31.0. The van der Waals surface area contributed by atoms with E-state index >= 15 is 4.39 Å². The molecule has 5 aromatic rings. The average molecular weight is 624 g/mol. The second-order valence-corrected chi connectivity index (χ2v) is 11.4. The van der Waals surface area contributed by atoms with Crippen LogP contribution in [0.2, 0.25) is 0 Å². The van der Waals surface area contributed by atoms with E-state index in [0.717, 1.165) is 6.07 Å². The topological polar surface area (TPSA) is 145 Å². The van der Waals surface area contributed by atoms with Gasteiger partial charge in [0.1, 0.15) is 33.6 Å². The van der Waals surface area contributed by atoms with E-state index in [2.05, 4.69) is 9.97 Å². The molecule has 1 aliphatic heterocycles. The lowest BCUT2D eigenvalue weighted by Crippen LogP contribution is -2.37. The van der Waals surface area contributed by atoms with Crippen LogP contribution in [0.5, 0.6) is 5.75 Å². The van der Waals surface area contributed by atoms with Crippen molar-refractivity contribution in [2.24, 2.45) is 0 Å². The van der Waals surface area contributed by atoms with Crippen LogP contribution in [0.25, 0.3) is 33.4 Å². The first kappa shape index (κ1) is 29.1. The first-order valence-corrected chi connectivity index (χ1v) is 14.7. The maximum Gasteiger partial charge on any atom is 0.265 e. The Morgan fingerprint density at radius 3 is 2.45 bits per heavy atom. The number of nitrogen functional groups attached to an aromatic ring is 1. The second kappa shape index (κ2) is 11.6. The zero-order valence-electron chi connectivity index (χ0n) is 23.1. The number of sulfonamides is 1. The summed E-state index contributed by atoms with van der Waals surface area (Å²) < 4.78 is 82.9. The highest BCUT2D eigenvalue weighted by Gasteiger charge is 2.25. The van der Waals surface area contributed by atoms with Crippen molar-refractivity contribution < 1.29 is 31.1 Å². The molecule has 0 unspecified atom stereocenters. The molecule has 3 aromatic carbocycles. The van der Waals surface area contributed by atoms with Gasteiger partial charge in [0.2, 0.25) is 5.95 Å². The minimum atomic E-state index is -4.68. The van der Waals surface area contributed by atoms with Crippen LogP contribution in [0.4, 0.5) is 30.6 Å². The molecule has 2 aromatic heterocycles. The molecule has 3 N–H and O–H groups in total. The Labute approximate surface area is 249 Å². The molecule has 0 spiro atoms. The molecule has 3 heterocycles. The van der Waals surface area contributed by atoms with E-state index in [1.807, 2.05) is 9.62 Å². The molecule has 1 fully saturated rings. The number of benzene rings is 3. The summed E-state index contributed by atoms with van der Waals surface area (Å²) in [5.74, 6) is -1.86. The van der Waals surface area contributed by atoms with Gasteiger partial charge >= 0.3 is 0 Å². The highest BCUT2D eigenvalue weighted by Crippen LogP contribution is 2.39. The van der Waals surface area contributed by atoms with Gasteiger partial charge in [0.05, 0.1) is 31.6 Å². The summed E-state index contributed by atoms with van der Waals surface area (Å²) in [4.78, 5) is 18.6. The van der Waals surface area contributed by atoms with E-state index < -0.39 is 38.1 Å². The lowest BCUT2D eigenvalue weighted by Gasteiger charge is -2.29. The summed E-state index contributed by atoms with van der Waals surface area (Å²) in [5, 5.41) is 0.536. The largest absolute Gasteiger partial charge is 0.494 e. The molecule has 0 radical (unpaired) electrons. The molecule has 1 saturated heterocycles. The molecule has 44 heavy (non-hydrogen) atoms. The highest BCUT2D eigenvalue weighted by molar-refractivity contribution is 7.92. The summed E-state index contributed by atoms with van der Waals surface area (Å²) in [6.07, 6.45) is 3.01. The second-order valence-electron chi connectivity index (χ2n) is 9.72. The lowest BCUT2D eigenvalue weighted by molar-refractivity contribution is 0.122. The van der Waals surface area contributed by atoms with E-state index in [4.69, 9.17) is 25.2 Å². The zero-order valence-corrected chi connectivity index (χ0v) is 23.9. The van der Waals surface area contributed by atoms with Crippen molar-refractivity contribution in [3.8, 4) is 28.3 Å². The molecule has 11 nitrogen and oxygen atoms in total. The predicted octanol–water partition coefficient (Wildman–Crippen LogP) is 4.40. The van der Waals surface area contributed by atoms with Crippen molar-refractivity contribution in [2.75, 3.05) is 48.8 Å². The van der Waals surface area contributed by atoms with Crippen LogP contribution in [-0.4, -0.2) is 61.8 Å². The van der Waals surface area contributed by atoms with Crippen molar-refractivity contribution in [3.63, 3.8) is 0 Å². The van der Waals surface area contributed by atoms with Gasteiger partial charge in [0, 0.05) is 36.4 Å². The van der Waals surface area contributed by atoms with Crippen LogP contribution >= 0.6 is 0 Å². The highest BCUT2D eigenvalue weighted by atomic mass is 32.2. The fourth-order valence-corrected chi connectivity index (χ4v) is 5.96. The number of hydrogen-bond acceptors (Lipinski definition) is 10. The van der Waals surface area contributed by atoms with Gasteiger partial charge in [-0.1, -0.05) is 12.1 Å². The number of aromatic nitrogens is 4. The van der Waals surface area contributed by atoms with Gasteiger partial charge in [-0.2, -0.15) is 0 Å². The maximum absolute atomic E-state index is 16.0. The van der Waals surface area contributed by atoms with E-state index in [0.29, 0.717) is 77.9 Å². The smallest absolute Gasteiger partial charge is 0.265 e. The SMILES string of the molecule is COc1cc(-c2cccc(NS(=O)(=O)c3cc(F)ccc3F)c2F)cc2c(N3CCOCC3)nc(-c3cnc(N)nc3)nc12. The van der Waals surface area contributed by atoms with Gasteiger partial charge < -0.3 is 20.1 Å². The van der Waals surface area contributed by atoms with Gasteiger partial charge in [-0.3, -0.25) is 4.72 Å². The molecule has 0 saturated carbocycles. The number of ether oxygens (including phenoxy) is 2. The molecule has 0 bridgehead atoms. The van der Waals surface area contributed by atoms with Gasteiger partial charge in [-0.05, 0) is 42.0 Å². The molecule has 226 valence electrons. The van der Waals surface area contributed by atoms with Crippen LogP contribution in [-0.2, 0) is 14.8 Å². The van der Waals surface area contributed by atoms with Crippen molar-refractivity contribution in [1.82, 2.24) is 19.9 Å². The Morgan fingerprint density at radius 1 is 0.977 bits per heavy atom. The van der Waals surface area contributed by atoms with Crippen molar-refractivity contribution in [1.29, 1.82) is 0 Å². The summed E-state index contributed by atoms with van der Waals surface area (Å²) >= 11 is 0. The summed E-state index contributed by atoms with van der Waals surface area (Å²) in [5.41, 5.74) is 6.47. The fourth-order valence-electron chi connectivity index (χ4n) is 4.81. The van der Waals surface area contributed by atoms with Crippen LogP contribution in [0.3, 0.4) is 0 Å². The van der Waals surface area contributed by atoms with Gasteiger partial charge in [0.15, 0.2) is 11.6 Å². The van der Waals surface area contributed by atoms with Crippen LogP contribution in [0, 0.1) is 17.5 Å². The van der Waals surface area contributed by atoms with Crippen LogP contribution in [0.15, 0.2) is 65.8 Å². The van der Waals surface area contributed by atoms with Gasteiger partial charge in [0.25, 0.3) is 10.0 Å². The Balaban J connectivity index is 1.49. The summed E-state index contributed by atoms with van der Waals surface area (Å²) in [6.45, 7) is 1.98. The normalized spacial score (nSPS) is 13.7. The first-order chi connectivity index (χ1) is 21.1. The number of nitrogens with two attached hydrogens (primary N) is 1. The number of fused-ring (bicyclic) bond motifs is 1. The number of nitrogens with zero attached hydrogens (tertiary/aromatic N) is 5. The molecule has 0 amide bonds. The Bertz CT molecular complexity index is 1990. The number of anilines is 3. The third kappa shape index (κ3) is 5.54. The molecule has 0 aliphatic carbocycles. The lowest BCUT2D eigenvalue weighted by atomic mass is 10.0. The van der Waals surface area contributed by atoms with Gasteiger partial charge in [-0.25, -0.2) is 41.5 Å². The molecule has 0 atom stereocenters. The van der Waals surface area contributed by atoms with Gasteiger partial charge in [-0.15, -0.1) is 0 Å². The maximum atomic E-state index is 16.0. The number of methoxy groups -OCH3 is 1. The standard InChI is InChI=1S/C29H24F3N7O4S/c1-42-23-12-16(19-3-2-4-22(25(19)32)38-44(40,41)24-13-18(30)5-6-21(24)31)11-20-26(23)36-27(17-14-34-29(33)35-15-17)37-28(20)39-7-9-43-10-8-39/h2-6,11-15,38H,7-10H2,1H3,(H2,33,34,35). The number of morpholine rings is 1. The molecule has 6 rings (SSSR count). The minimum Gasteiger partial charge on any atom is -0.494 e. The average Bonchev–Trinajstić information content (AvgIpc) is 3.03. The molecular formula is C29H24F3N7O4S. The monoisotopic (exact) mass is 623 g/mol.